The Kier molecular flexibility index (Phi) is 6.51. The lowest BCUT2D eigenvalue weighted by atomic mass is 9.85. The van der Waals surface area contributed by atoms with Crippen LogP contribution in [0.3, 0.4) is 0 Å². The lowest BCUT2D eigenvalue weighted by molar-refractivity contribution is 1.18. The van der Waals surface area contributed by atoms with Gasteiger partial charge in [-0.05, 0) is 55.9 Å². The van der Waals surface area contributed by atoms with Crippen LogP contribution in [-0.2, 0) is 0 Å². The highest BCUT2D eigenvalue weighted by atomic mass is 14.9. The number of fused-ring (bicyclic) bond motifs is 2. The van der Waals surface area contributed by atoms with Crippen molar-refractivity contribution in [3.8, 4) is 56.2 Å². The summed E-state index contributed by atoms with van der Waals surface area (Å²) in [6.45, 7) is 0. The second kappa shape index (κ2) is 11.1. The van der Waals surface area contributed by atoms with Crippen molar-refractivity contribution in [2.45, 2.75) is 0 Å². The SMILES string of the molecule is c1ccc(-c2cc(-c3ccccc3)nc(-c3ccc4c(-c5ccccc5)c5ccccc5c(-c5ccccc5)c4c3)n2)cc1. The van der Waals surface area contributed by atoms with Crippen LogP contribution in [0.15, 0.2) is 170 Å². The molecule has 0 aliphatic rings. The summed E-state index contributed by atoms with van der Waals surface area (Å²) in [6, 6.07) is 59.7. The van der Waals surface area contributed by atoms with E-state index in [1.54, 1.807) is 0 Å². The first-order valence-electron chi connectivity index (χ1n) is 14.9. The van der Waals surface area contributed by atoms with Gasteiger partial charge in [-0.2, -0.15) is 0 Å². The summed E-state index contributed by atoms with van der Waals surface area (Å²) < 4.78 is 0. The van der Waals surface area contributed by atoms with Gasteiger partial charge in [-0.15, -0.1) is 0 Å². The lowest BCUT2D eigenvalue weighted by Crippen LogP contribution is -1.97. The zero-order valence-electron chi connectivity index (χ0n) is 24.1. The smallest absolute Gasteiger partial charge is 0.160 e. The van der Waals surface area contributed by atoms with Crippen molar-refractivity contribution in [3.05, 3.63) is 170 Å². The molecule has 0 spiro atoms. The minimum absolute atomic E-state index is 0.709. The molecule has 7 aromatic carbocycles. The van der Waals surface area contributed by atoms with Crippen molar-refractivity contribution >= 4 is 21.5 Å². The van der Waals surface area contributed by atoms with E-state index in [1.165, 1.54) is 43.8 Å². The number of rotatable bonds is 5. The predicted molar refractivity (Wildman–Crippen MR) is 184 cm³/mol. The van der Waals surface area contributed by atoms with E-state index in [4.69, 9.17) is 9.97 Å². The normalized spacial score (nSPS) is 11.2. The fourth-order valence-electron chi connectivity index (χ4n) is 6.24. The molecule has 0 saturated carbocycles. The molecule has 44 heavy (non-hydrogen) atoms. The van der Waals surface area contributed by atoms with E-state index in [0.29, 0.717) is 5.82 Å². The van der Waals surface area contributed by atoms with Gasteiger partial charge < -0.3 is 0 Å². The van der Waals surface area contributed by atoms with Gasteiger partial charge in [0.15, 0.2) is 5.82 Å². The fraction of sp³-hybridized carbons (Fsp3) is 0. The lowest BCUT2D eigenvalue weighted by Gasteiger charge is -2.18. The molecule has 0 bridgehead atoms. The van der Waals surface area contributed by atoms with E-state index in [9.17, 15) is 0 Å². The Morgan fingerprint density at radius 3 is 1.14 bits per heavy atom. The van der Waals surface area contributed by atoms with Crippen LogP contribution >= 0.6 is 0 Å². The molecule has 0 saturated heterocycles. The summed E-state index contributed by atoms with van der Waals surface area (Å²) >= 11 is 0. The molecular weight excluding hydrogens is 532 g/mol. The molecule has 1 aromatic heterocycles. The maximum Gasteiger partial charge on any atom is 0.160 e. The van der Waals surface area contributed by atoms with Crippen LogP contribution in [0.2, 0.25) is 0 Å². The maximum absolute atomic E-state index is 5.14. The second-order valence-electron chi connectivity index (χ2n) is 11.0. The van der Waals surface area contributed by atoms with Gasteiger partial charge >= 0.3 is 0 Å². The molecular formula is C42H28N2. The molecule has 2 nitrogen and oxygen atoms in total. The highest BCUT2D eigenvalue weighted by molar-refractivity contribution is 6.21. The summed E-state index contributed by atoms with van der Waals surface area (Å²) in [6.07, 6.45) is 0. The average molecular weight is 561 g/mol. The third kappa shape index (κ3) is 4.63. The second-order valence-corrected chi connectivity index (χ2v) is 11.0. The Balaban J connectivity index is 1.44. The number of aromatic nitrogens is 2. The molecule has 8 aromatic rings. The zero-order chi connectivity index (χ0) is 29.3. The molecule has 8 rings (SSSR count). The maximum atomic E-state index is 5.14. The third-order valence-electron chi connectivity index (χ3n) is 8.27. The molecule has 2 heteroatoms. The first kappa shape index (κ1) is 25.8. The minimum Gasteiger partial charge on any atom is -0.228 e. The molecule has 0 N–H and O–H groups in total. The van der Waals surface area contributed by atoms with Gasteiger partial charge in [-0.1, -0.05) is 158 Å². The Morgan fingerprint density at radius 1 is 0.273 bits per heavy atom. The highest BCUT2D eigenvalue weighted by Gasteiger charge is 2.18. The van der Waals surface area contributed by atoms with Gasteiger partial charge in [0.05, 0.1) is 11.4 Å². The van der Waals surface area contributed by atoms with Gasteiger partial charge in [-0.3, -0.25) is 0 Å². The quantitative estimate of drug-likeness (QED) is 0.196. The van der Waals surface area contributed by atoms with E-state index in [-0.39, 0.29) is 0 Å². The molecule has 0 aliphatic carbocycles. The van der Waals surface area contributed by atoms with Gasteiger partial charge in [0.1, 0.15) is 0 Å². The molecule has 206 valence electrons. The number of hydrogen-bond acceptors (Lipinski definition) is 2. The Labute approximate surface area is 257 Å². The monoisotopic (exact) mass is 560 g/mol. The number of hydrogen-bond donors (Lipinski definition) is 0. The molecule has 0 atom stereocenters. The van der Waals surface area contributed by atoms with Crippen molar-refractivity contribution in [1.82, 2.24) is 9.97 Å². The van der Waals surface area contributed by atoms with E-state index in [1.807, 2.05) is 12.1 Å². The largest absolute Gasteiger partial charge is 0.228 e. The van der Waals surface area contributed by atoms with Crippen molar-refractivity contribution < 1.29 is 0 Å². The van der Waals surface area contributed by atoms with Crippen molar-refractivity contribution in [2.75, 3.05) is 0 Å². The summed E-state index contributed by atoms with van der Waals surface area (Å²) in [4.78, 5) is 10.3. The summed E-state index contributed by atoms with van der Waals surface area (Å²) in [7, 11) is 0. The van der Waals surface area contributed by atoms with Gasteiger partial charge in [0.2, 0.25) is 0 Å². The molecule has 0 aliphatic heterocycles. The molecule has 0 amide bonds. The first-order valence-corrected chi connectivity index (χ1v) is 14.9. The average Bonchev–Trinajstić information content (AvgIpc) is 3.11. The first-order chi connectivity index (χ1) is 21.8. The van der Waals surface area contributed by atoms with Crippen LogP contribution in [0.4, 0.5) is 0 Å². The van der Waals surface area contributed by atoms with E-state index in [0.717, 1.165) is 28.1 Å². The van der Waals surface area contributed by atoms with E-state index >= 15 is 0 Å². The van der Waals surface area contributed by atoms with Crippen LogP contribution in [0.25, 0.3) is 77.7 Å². The molecule has 0 radical (unpaired) electrons. The standard InChI is InChI=1S/C42H28N2/c1-5-15-29(16-6-1)38-28-39(30-17-7-2-8-18-30)44-42(43-38)33-25-26-36-37(27-33)41(32-21-11-4-12-22-32)35-24-14-13-23-34(35)40(36)31-19-9-3-10-20-31/h1-28H. The number of nitrogens with zero attached hydrogens (tertiary/aromatic N) is 2. The van der Waals surface area contributed by atoms with Crippen LogP contribution in [0.5, 0.6) is 0 Å². The Hall–Kier alpha value is -5.86. The zero-order valence-corrected chi connectivity index (χ0v) is 24.1. The van der Waals surface area contributed by atoms with Crippen LogP contribution in [0, 0.1) is 0 Å². The van der Waals surface area contributed by atoms with Gasteiger partial charge in [0, 0.05) is 16.7 Å². The van der Waals surface area contributed by atoms with Gasteiger partial charge in [-0.25, -0.2) is 9.97 Å². The minimum atomic E-state index is 0.709. The van der Waals surface area contributed by atoms with Crippen molar-refractivity contribution in [2.24, 2.45) is 0 Å². The predicted octanol–water partition coefficient (Wildman–Crippen LogP) is 11.1. The van der Waals surface area contributed by atoms with Gasteiger partial charge in [0.25, 0.3) is 0 Å². The van der Waals surface area contributed by atoms with Crippen molar-refractivity contribution in [3.63, 3.8) is 0 Å². The Bertz CT molecular complexity index is 2180. The highest BCUT2D eigenvalue weighted by Crippen LogP contribution is 2.44. The third-order valence-corrected chi connectivity index (χ3v) is 8.27. The van der Waals surface area contributed by atoms with E-state index in [2.05, 4.69) is 158 Å². The van der Waals surface area contributed by atoms with Crippen molar-refractivity contribution in [1.29, 1.82) is 0 Å². The molecule has 0 fully saturated rings. The number of benzene rings is 7. The summed E-state index contributed by atoms with van der Waals surface area (Å²) in [5.74, 6) is 0.709. The summed E-state index contributed by atoms with van der Waals surface area (Å²) in [5, 5.41) is 4.86. The molecule has 1 heterocycles. The van der Waals surface area contributed by atoms with E-state index < -0.39 is 0 Å². The summed E-state index contributed by atoms with van der Waals surface area (Å²) in [5.41, 5.74) is 9.78. The Morgan fingerprint density at radius 2 is 0.659 bits per heavy atom. The topological polar surface area (TPSA) is 25.8 Å². The fourth-order valence-corrected chi connectivity index (χ4v) is 6.24. The van der Waals surface area contributed by atoms with Crippen LogP contribution < -0.4 is 0 Å². The van der Waals surface area contributed by atoms with Crippen LogP contribution in [0.1, 0.15) is 0 Å². The van der Waals surface area contributed by atoms with Crippen LogP contribution in [-0.4, -0.2) is 9.97 Å². The molecule has 0 unspecified atom stereocenters.